The number of benzene rings is 1. The van der Waals surface area contributed by atoms with Crippen molar-refractivity contribution < 1.29 is 9.21 Å². The number of piperidine rings is 1. The maximum Gasteiger partial charge on any atom is 0.298 e. The molecule has 6 nitrogen and oxygen atoms in total. The Balaban J connectivity index is 1.14. The first kappa shape index (κ1) is 17.1. The summed E-state index contributed by atoms with van der Waals surface area (Å²) in [6.07, 6.45) is 4.15. The molecule has 7 heteroatoms. The summed E-state index contributed by atoms with van der Waals surface area (Å²) in [4.78, 5) is 22.4. The minimum atomic E-state index is 0.143. The second-order valence-corrected chi connectivity index (χ2v) is 9.25. The fraction of sp³-hybridized carbons (Fsp3) is 0.619. The second kappa shape index (κ2) is 6.36. The van der Waals surface area contributed by atoms with Gasteiger partial charge in [0.05, 0.1) is 0 Å². The molecule has 5 heterocycles. The standard InChI is InChI=1S/C21H25ClN4O2/c22-13-1-2-16-19(9-13)28-21(24-16)25-7-5-12(6-8-25)20(27)26-17-3-4-18(26)15-11-23-10-14(15)17/h1-2,9,12,14-15,17-18,23H,3-8,10-11H2/t14-,15+,17-,18+. The number of halogens is 1. The van der Waals surface area contributed by atoms with Gasteiger partial charge in [0.2, 0.25) is 5.91 Å². The van der Waals surface area contributed by atoms with Gasteiger partial charge in [-0.05, 0) is 49.7 Å². The maximum atomic E-state index is 13.3. The van der Waals surface area contributed by atoms with Crippen molar-refractivity contribution in [3.05, 3.63) is 23.2 Å². The zero-order chi connectivity index (χ0) is 18.8. The van der Waals surface area contributed by atoms with Crippen molar-refractivity contribution in [2.45, 2.75) is 37.8 Å². The van der Waals surface area contributed by atoms with Crippen molar-refractivity contribution in [3.8, 4) is 0 Å². The average Bonchev–Trinajstić information content (AvgIpc) is 3.47. The Labute approximate surface area is 169 Å². The zero-order valence-electron chi connectivity index (χ0n) is 15.8. The van der Waals surface area contributed by atoms with Gasteiger partial charge in [-0.3, -0.25) is 4.79 Å². The van der Waals surface area contributed by atoms with E-state index >= 15 is 0 Å². The molecule has 0 radical (unpaired) electrons. The van der Waals surface area contributed by atoms with Gasteiger partial charge in [-0.1, -0.05) is 11.6 Å². The normalized spacial score (nSPS) is 32.5. The lowest BCUT2D eigenvalue weighted by atomic mass is 9.82. The number of nitrogens with zero attached hydrogens (tertiary/aromatic N) is 3. The summed E-state index contributed by atoms with van der Waals surface area (Å²) in [5.74, 6) is 1.93. The van der Waals surface area contributed by atoms with Crippen LogP contribution in [0, 0.1) is 17.8 Å². The molecular formula is C21H25ClN4O2. The van der Waals surface area contributed by atoms with Gasteiger partial charge in [-0.15, -0.1) is 0 Å². The van der Waals surface area contributed by atoms with Crippen LogP contribution >= 0.6 is 11.6 Å². The van der Waals surface area contributed by atoms with Gasteiger partial charge in [0.15, 0.2) is 5.58 Å². The average molecular weight is 401 g/mol. The van der Waals surface area contributed by atoms with Crippen LogP contribution in [0.15, 0.2) is 22.6 Å². The van der Waals surface area contributed by atoms with E-state index in [0.717, 1.165) is 50.1 Å². The molecule has 148 valence electrons. The highest BCUT2D eigenvalue weighted by Gasteiger charge is 2.56. The van der Waals surface area contributed by atoms with E-state index < -0.39 is 0 Å². The minimum Gasteiger partial charge on any atom is -0.423 e. The van der Waals surface area contributed by atoms with Crippen LogP contribution in [0.3, 0.4) is 0 Å². The lowest BCUT2D eigenvalue weighted by Crippen LogP contribution is -2.46. The fourth-order valence-electron chi connectivity index (χ4n) is 6.15. The van der Waals surface area contributed by atoms with Gasteiger partial charge in [0.1, 0.15) is 5.52 Å². The molecule has 4 aliphatic rings. The van der Waals surface area contributed by atoms with Gasteiger partial charge in [-0.25, -0.2) is 0 Å². The molecule has 0 unspecified atom stereocenters. The molecule has 1 aromatic heterocycles. The molecule has 0 aliphatic carbocycles. The zero-order valence-corrected chi connectivity index (χ0v) is 16.6. The van der Waals surface area contributed by atoms with Crippen LogP contribution in [-0.2, 0) is 4.79 Å². The Hall–Kier alpha value is -1.79. The Morgan fingerprint density at radius 2 is 1.82 bits per heavy atom. The predicted molar refractivity (Wildman–Crippen MR) is 107 cm³/mol. The number of hydrogen-bond acceptors (Lipinski definition) is 5. The quantitative estimate of drug-likeness (QED) is 0.839. The molecule has 4 saturated heterocycles. The molecule has 0 spiro atoms. The highest BCUT2D eigenvalue weighted by atomic mass is 35.5. The lowest BCUT2D eigenvalue weighted by Gasteiger charge is -2.34. The van der Waals surface area contributed by atoms with Gasteiger partial charge in [0, 0.05) is 55.3 Å². The summed E-state index contributed by atoms with van der Waals surface area (Å²) >= 11 is 6.05. The third-order valence-electron chi connectivity index (χ3n) is 7.48. The number of rotatable bonds is 2. The first-order chi connectivity index (χ1) is 13.7. The molecule has 2 bridgehead atoms. The maximum absolute atomic E-state index is 13.3. The first-order valence-corrected chi connectivity index (χ1v) is 10.9. The Morgan fingerprint density at radius 1 is 1.11 bits per heavy atom. The van der Waals surface area contributed by atoms with Crippen LogP contribution in [0.4, 0.5) is 6.01 Å². The van der Waals surface area contributed by atoms with Crippen LogP contribution in [0.5, 0.6) is 0 Å². The smallest absolute Gasteiger partial charge is 0.298 e. The topological polar surface area (TPSA) is 61.6 Å². The number of nitrogens with one attached hydrogen (secondary N) is 1. The summed E-state index contributed by atoms with van der Waals surface area (Å²) in [7, 11) is 0. The van der Waals surface area contributed by atoms with Crippen molar-refractivity contribution in [2.24, 2.45) is 17.8 Å². The Bertz CT molecular complexity index is 904. The number of fused-ring (bicyclic) bond motifs is 6. The highest BCUT2D eigenvalue weighted by Crippen LogP contribution is 2.48. The van der Waals surface area contributed by atoms with Crippen LogP contribution < -0.4 is 10.2 Å². The number of hydrogen-bond donors (Lipinski definition) is 1. The molecule has 0 saturated carbocycles. The number of carbonyl (C=O) groups is 1. The summed E-state index contributed by atoms with van der Waals surface area (Å²) in [5.41, 5.74) is 1.54. The van der Waals surface area contributed by atoms with Crippen molar-refractivity contribution >= 4 is 34.6 Å². The summed E-state index contributed by atoms with van der Waals surface area (Å²) in [5, 5.41) is 4.18. The van der Waals surface area contributed by atoms with Crippen LogP contribution in [0.25, 0.3) is 11.1 Å². The molecule has 4 atom stereocenters. The van der Waals surface area contributed by atoms with E-state index in [1.54, 1.807) is 6.07 Å². The molecular weight excluding hydrogens is 376 g/mol. The molecule has 2 aromatic rings. The van der Waals surface area contributed by atoms with E-state index in [1.807, 2.05) is 12.1 Å². The van der Waals surface area contributed by atoms with Crippen molar-refractivity contribution in [1.29, 1.82) is 0 Å². The van der Waals surface area contributed by atoms with Crippen LogP contribution in [-0.4, -0.2) is 54.1 Å². The molecule has 4 aliphatic heterocycles. The van der Waals surface area contributed by atoms with Crippen LogP contribution in [0.2, 0.25) is 5.02 Å². The molecule has 1 N–H and O–H groups in total. The van der Waals surface area contributed by atoms with E-state index in [-0.39, 0.29) is 5.92 Å². The van der Waals surface area contributed by atoms with E-state index in [9.17, 15) is 4.79 Å². The summed E-state index contributed by atoms with van der Waals surface area (Å²) < 4.78 is 5.91. The predicted octanol–water partition coefficient (Wildman–Crippen LogP) is 2.91. The van der Waals surface area contributed by atoms with Crippen molar-refractivity contribution in [3.63, 3.8) is 0 Å². The van der Waals surface area contributed by atoms with E-state index in [4.69, 9.17) is 16.0 Å². The third kappa shape index (κ3) is 2.50. The third-order valence-corrected chi connectivity index (χ3v) is 7.71. The largest absolute Gasteiger partial charge is 0.423 e. The van der Waals surface area contributed by atoms with Crippen molar-refractivity contribution in [2.75, 3.05) is 31.1 Å². The van der Waals surface area contributed by atoms with Gasteiger partial charge in [-0.2, -0.15) is 4.98 Å². The van der Waals surface area contributed by atoms with E-state index in [0.29, 0.717) is 40.9 Å². The number of carbonyl (C=O) groups excluding carboxylic acids is 1. The lowest BCUT2D eigenvalue weighted by molar-refractivity contribution is -0.138. The summed E-state index contributed by atoms with van der Waals surface area (Å²) in [6.45, 7) is 3.81. The number of anilines is 1. The number of oxazole rings is 1. The van der Waals surface area contributed by atoms with Gasteiger partial charge < -0.3 is 19.5 Å². The van der Waals surface area contributed by atoms with Gasteiger partial charge >= 0.3 is 0 Å². The van der Waals surface area contributed by atoms with E-state index in [1.165, 1.54) is 12.8 Å². The molecule has 1 amide bonds. The van der Waals surface area contributed by atoms with Gasteiger partial charge in [0.25, 0.3) is 6.01 Å². The van der Waals surface area contributed by atoms with E-state index in [2.05, 4.69) is 20.1 Å². The molecule has 28 heavy (non-hydrogen) atoms. The van der Waals surface area contributed by atoms with Crippen molar-refractivity contribution in [1.82, 2.24) is 15.2 Å². The number of aromatic nitrogens is 1. The Kier molecular flexibility index (Phi) is 3.88. The fourth-order valence-corrected chi connectivity index (χ4v) is 6.31. The Morgan fingerprint density at radius 3 is 2.54 bits per heavy atom. The number of amides is 1. The van der Waals surface area contributed by atoms with Crippen LogP contribution in [0.1, 0.15) is 25.7 Å². The first-order valence-electron chi connectivity index (χ1n) is 10.5. The minimum absolute atomic E-state index is 0.143. The molecule has 4 fully saturated rings. The molecule has 6 rings (SSSR count). The summed E-state index contributed by atoms with van der Waals surface area (Å²) in [6, 6.07) is 7.13. The molecule has 1 aromatic carbocycles. The second-order valence-electron chi connectivity index (χ2n) is 8.81. The monoisotopic (exact) mass is 400 g/mol. The highest BCUT2D eigenvalue weighted by molar-refractivity contribution is 6.31. The SMILES string of the molecule is O=C(C1CCN(c2nc3ccc(Cl)cc3o2)CC1)N1[C@@H]2CC[C@H]1[C@H]1CNC[C@H]12.